The van der Waals surface area contributed by atoms with E-state index in [2.05, 4.69) is 37.4 Å². The fourth-order valence-electron chi connectivity index (χ4n) is 2.01. The molecule has 0 radical (unpaired) electrons. The molecule has 1 unspecified atom stereocenters. The van der Waals surface area contributed by atoms with Gasteiger partial charge in [0.05, 0.1) is 11.3 Å². The molecule has 1 atom stereocenters. The zero-order valence-electron chi connectivity index (χ0n) is 11.9. The molecule has 0 bridgehead atoms. The van der Waals surface area contributed by atoms with Gasteiger partial charge in [0.15, 0.2) is 0 Å². The highest BCUT2D eigenvalue weighted by Gasteiger charge is 2.21. The predicted molar refractivity (Wildman–Crippen MR) is 70.1 cm³/mol. The fraction of sp³-hybridized carbons (Fsp3) is 0.769. The van der Waals surface area contributed by atoms with Crippen LogP contribution in [0, 0.1) is 6.92 Å². The summed E-state index contributed by atoms with van der Waals surface area (Å²) in [6, 6.07) is 0.345. The Hall–Kier alpha value is -0.870. The molecule has 0 aliphatic rings. The lowest BCUT2D eigenvalue weighted by Crippen LogP contribution is -2.26. The van der Waals surface area contributed by atoms with Crippen LogP contribution in [-0.4, -0.2) is 29.5 Å². The first-order valence-corrected chi connectivity index (χ1v) is 6.12. The predicted octanol–water partition coefficient (Wildman–Crippen LogP) is 2.19. The Morgan fingerprint density at radius 2 is 2.18 bits per heavy atom. The van der Waals surface area contributed by atoms with Gasteiger partial charge in [0.1, 0.15) is 0 Å². The second-order valence-corrected chi connectivity index (χ2v) is 5.19. The summed E-state index contributed by atoms with van der Waals surface area (Å²) in [5.41, 5.74) is 2.31. The van der Waals surface area contributed by atoms with Crippen molar-refractivity contribution in [3.8, 4) is 0 Å². The van der Waals surface area contributed by atoms with Crippen molar-refractivity contribution in [3.63, 3.8) is 0 Å². The Bertz CT molecular complexity index is 358. The van der Waals surface area contributed by atoms with Gasteiger partial charge in [-0.25, -0.2) is 0 Å². The minimum absolute atomic E-state index is 0.0643. The van der Waals surface area contributed by atoms with E-state index < -0.39 is 0 Å². The Labute approximate surface area is 104 Å². The maximum absolute atomic E-state index is 5.46. The number of rotatable bonds is 6. The molecule has 1 aromatic rings. The molecular weight excluding hydrogens is 214 g/mol. The number of hydrogen-bond acceptors (Lipinski definition) is 3. The van der Waals surface area contributed by atoms with E-state index >= 15 is 0 Å². The van der Waals surface area contributed by atoms with E-state index in [4.69, 9.17) is 4.74 Å². The summed E-state index contributed by atoms with van der Waals surface area (Å²) in [6.45, 7) is 6.30. The average molecular weight is 239 g/mol. The Balaban J connectivity index is 2.70. The van der Waals surface area contributed by atoms with Crippen molar-refractivity contribution in [2.24, 2.45) is 7.05 Å². The lowest BCUT2D eigenvalue weighted by atomic mass is 9.95. The molecular formula is C13H25N3O. The lowest BCUT2D eigenvalue weighted by Gasteiger charge is -2.25. The van der Waals surface area contributed by atoms with Gasteiger partial charge in [0, 0.05) is 32.0 Å². The zero-order chi connectivity index (χ0) is 13.1. The third kappa shape index (κ3) is 3.82. The molecule has 0 aliphatic heterocycles. The number of methoxy groups -OCH3 is 1. The van der Waals surface area contributed by atoms with Crippen LogP contribution >= 0.6 is 0 Å². The van der Waals surface area contributed by atoms with Crippen LogP contribution in [0.15, 0.2) is 6.20 Å². The second-order valence-electron chi connectivity index (χ2n) is 5.19. The van der Waals surface area contributed by atoms with E-state index in [0.29, 0.717) is 6.04 Å². The summed E-state index contributed by atoms with van der Waals surface area (Å²) in [5, 5.41) is 7.75. The van der Waals surface area contributed by atoms with Crippen molar-refractivity contribution >= 4 is 0 Å². The molecule has 0 saturated heterocycles. The van der Waals surface area contributed by atoms with Crippen LogP contribution in [0.5, 0.6) is 0 Å². The monoisotopic (exact) mass is 239 g/mol. The van der Waals surface area contributed by atoms with Crippen LogP contribution in [0.2, 0.25) is 0 Å². The van der Waals surface area contributed by atoms with Crippen LogP contribution < -0.4 is 5.32 Å². The molecule has 0 amide bonds. The smallest absolute Gasteiger partial charge is 0.0641 e. The van der Waals surface area contributed by atoms with Crippen molar-refractivity contribution in [2.45, 2.75) is 45.3 Å². The maximum atomic E-state index is 5.46. The number of ether oxygens (including phenoxy) is 1. The van der Waals surface area contributed by atoms with Crippen molar-refractivity contribution in [3.05, 3.63) is 17.5 Å². The Kier molecular flexibility index (Phi) is 4.71. The largest absolute Gasteiger partial charge is 0.379 e. The van der Waals surface area contributed by atoms with Gasteiger partial charge in [-0.15, -0.1) is 0 Å². The van der Waals surface area contributed by atoms with Crippen molar-refractivity contribution < 1.29 is 4.74 Å². The molecule has 0 aromatic carbocycles. The number of aromatic nitrogens is 2. The molecule has 4 nitrogen and oxygen atoms in total. The van der Waals surface area contributed by atoms with Gasteiger partial charge in [-0.2, -0.15) is 5.10 Å². The van der Waals surface area contributed by atoms with Crippen molar-refractivity contribution in [1.29, 1.82) is 0 Å². The van der Waals surface area contributed by atoms with Crippen molar-refractivity contribution in [2.75, 3.05) is 14.2 Å². The summed E-state index contributed by atoms with van der Waals surface area (Å²) in [5.74, 6) is 0. The highest BCUT2D eigenvalue weighted by atomic mass is 16.5. The zero-order valence-corrected chi connectivity index (χ0v) is 11.9. The standard InChI is InChI=1S/C13H25N3O/c1-10-11(9-16(5)15-10)12(14-4)7-8-13(2,3)17-6/h9,12,14H,7-8H2,1-6H3. The van der Waals surface area contributed by atoms with E-state index in [-0.39, 0.29) is 5.60 Å². The molecule has 0 aliphatic carbocycles. The molecule has 0 saturated carbocycles. The van der Waals surface area contributed by atoms with Crippen LogP contribution in [0.25, 0.3) is 0 Å². The van der Waals surface area contributed by atoms with Crippen LogP contribution in [0.4, 0.5) is 0 Å². The first-order valence-electron chi connectivity index (χ1n) is 6.12. The van der Waals surface area contributed by atoms with E-state index in [1.165, 1.54) is 5.56 Å². The molecule has 1 heterocycles. The van der Waals surface area contributed by atoms with Gasteiger partial charge < -0.3 is 10.1 Å². The first-order chi connectivity index (χ1) is 7.89. The van der Waals surface area contributed by atoms with Gasteiger partial charge >= 0.3 is 0 Å². The highest BCUT2D eigenvalue weighted by molar-refractivity contribution is 5.19. The van der Waals surface area contributed by atoms with Crippen LogP contribution in [-0.2, 0) is 11.8 Å². The lowest BCUT2D eigenvalue weighted by molar-refractivity contribution is 0.0118. The van der Waals surface area contributed by atoms with Crippen LogP contribution in [0.1, 0.15) is 44.0 Å². The van der Waals surface area contributed by atoms with E-state index in [1.54, 1.807) is 7.11 Å². The van der Waals surface area contributed by atoms with E-state index in [0.717, 1.165) is 18.5 Å². The second kappa shape index (κ2) is 5.65. The van der Waals surface area contributed by atoms with Crippen molar-refractivity contribution in [1.82, 2.24) is 15.1 Å². The number of aryl methyl sites for hydroxylation is 2. The summed E-state index contributed by atoms with van der Waals surface area (Å²) in [7, 11) is 5.73. The number of nitrogens with zero attached hydrogens (tertiary/aromatic N) is 2. The molecule has 98 valence electrons. The minimum atomic E-state index is -0.0643. The molecule has 1 rings (SSSR count). The van der Waals surface area contributed by atoms with Gasteiger partial charge in [-0.1, -0.05) is 0 Å². The summed E-state index contributed by atoms with van der Waals surface area (Å²) >= 11 is 0. The summed E-state index contributed by atoms with van der Waals surface area (Å²) in [6.07, 6.45) is 4.16. The van der Waals surface area contributed by atoms with Crippen LogP contribution in [0.3, 0.4) is 0 Å². The average Bonchev–Trinajstić information content (AvgIpc) is 2.59. The van der Waals surface area contributed by atoms with Gasteiger partial charge in [-0.05, 0) is 40.7 Å². The topological polar surface area (TPSA) is 39.1 Å². The minimum Gasteiger partial charge on any atom is -0.379 e. The van der Waals surface area contributed by atoms with Gasteiger partial charge in [-0.3, -0.25) is 4.68 Å². The normalized spacial score (nSPS) is 14.0. The van der Waals surface area contributed by atoms with Gasteiger partial charge in [0.2, 0.25) is 0 Å². The number of hydrogen-bond donors (Lipinski definition) is 1. The Morgan fingerprint density at radius 3 is 2.59 bits per heavy atom. The van der Waals surface area contributed by atoms with E-state index in [9.17, 15) is 0 Å². The first kappa shape index (κ1) is 14.2. The summed E-state index contributed by atoms with van der Waals surface area (Å²) in [4.78, 5) is 0. The molecule has 1 aromatic heterocycles. The highest BCUT2D eigenvalue weighted by Crippen LogP contribution is 2.25. The summed E-state index contributed by atoms with van der Waals surface area (Å²) < 4.78 is 7.33. The van der Waals surface area contributed by atoms with E-state index in [1.807, 2.05) is 18.8 Å². The van der Waals surface area contributed by atoms with Gasteiger partial charge in [0.25, 0.3) is 0 Å². The molecule has 0 spiro atoms. The SMILES string of the molecule is CNC(CCC(C)(C)OC)c1cn(C)nc1C. The molecule has 17 heavy (non-hydrogen) atoms. The number of nitrogens with one attached hydrogen (secondary N) is 1. The third-order valence-corrected chi connectivity index (χ3v) is 3.36. The molecule has 0 fully saturated rings. The third-order valence-electron chi connectivity index (χ3n) is 3.36. The molecule has 1 N–H and O–H groups in total. The molecule has 4 heteroatoms. The Morgan fingerprint density at radius 1 is 1.53 bits per heavy atom. The fourth-order valence-corrected chi connectivity index (χ4v) is 2.01. The quantitative estimate of drug-likeness (QED) is 0.827. The maximum Gasteiger partial charge on any atom is 0.0641 e.